The monoisotopic (exact) mass is 287 g/mol. The van der Waals surface area contributed by atoms with E-state index in [0.717, 1.165) is 12.1 Å². The van der Waals surface area contributed by atoms with Crippen molar-refractivity contribution in [1.82, 2.24) is 0 Å². The van der Waals surface area contributed by atoms with Crippen LogP contribution in [0.1, 0.15) is 24.2 Å². The molecule has 0 radical (unpaired) electrons. The molecule has 0 aliphatic rings. The van der Waals surface area contributed by atoms with Crippen LogP contribution in [0.25, 0.3) is 0 Å². The Kier molecular flexibility index (Phi) is 5.12. The van der Waals surface area contributed by atoms with Gasteiger partial charge in [-0.1, -0.05) is 0 Å². The largest absolute Gasteiger partial charge is 0.464 e. The van der Waals surface area contributed by atoms with Crippen molar-refractivity contribution in [3.63, 3.8) is 0 Å². The Bertz CT molecular complexity index is 533. The summed E-state index contributed by atoms with van der Waals surface area (Å²) in [5.41, 5.74) is -0.895. The van der Waals surface area contributed by atoms with Crippen LogP contribution >= 0.6 is 0 Å². The van der Waals surface area contributed by atoms with E-state index in [1.807, 2.05) is 0 Å². The molecule has 0 aromatic heterocycles. The first-order chi connectivity index (χ1) is 9.29. The highest BCUT2D eigenvalue weighted by molar-refractivity contribution is 5.75. The molecule has 2 unspecified atom stereocenters. The molecule has 0 amide bonds. The zero-order valence-corrected chi connectivity index (χ0v) is 10.9. The van der Waals surface area contributed by atoms with Gasteiger partial charge in [0.1, 0.15) is 11.9 Å². The summed E-state index contributed by atoms with van der Waals surface area (Å²) >= 11 is 0. The van der Waals surface area contributed by atoms with Gasteiger partial charge in [-0.05, 0) is 19.9 Å². The van der Waals surface area contributed by atoms with E-state index >= 15 is 0 Å². The van der Waals surface area contributed by atoms with Gasteiger partial charge in [-0.25, -0.2) is 9.18 Å². The molecule has 0 saturated heterocycles. The summed E-state index contributed by atoms with van der Waals surface area (Å²) in [6.07, 6.45) is -3.97. The van der Waals surface area contributed by atoms with E-state index < -0.39 is 40.2 Å². The second-order valence-electron chi connectivity index (χ2n) is 4.06. The maximum Gasteiger partial charge on any atom is 0.338 e. The van der Waals surface area contributed by atoms with E-state index in [1.165, 1.54) is 13.8 Å². The number of hydrogen-bond acceptors (Lipinski definition) is 6. The zero-order chi connectivity index (χ0) is 15.4. The fourth-order valence-electron chi connectivity index (χ4n) is 1.63. The minimum absolute atomic E-state index is 0.0286. The Labute approximate surface area is 113 Å². The Morgan fingerprint density at radius 2 is 2.10 bits per heavy atom. The van der Waals surface area contributed by atoms with Crippen LogP contribution in [0.5, 0.6) is 0 Å². The van der Waals surface area contributed by atoms with Gasteiger partial charge in [0.15, 0.2) is 6.10 Å². The van der Waals surface area contributed by atoms with Gasteiger partial charge in [0.25, 0.3) is 5.69 Å². The number of nitro benzene ring substituents is 1. The first kappa shape index (κ1) is 16.0. The van der Waals surface area contributed by atoms with Crippen molar-refractivity contribution < 1.29 is 29.1 Å². The lowest BCUT2D eigenvalue weighted by Crippen LogP contribution is -2.30. The fourth-order valence-corrected chi connectivity index (χ4v) is 1.63. The average Bonchev–Trinajstić information content (AvgIpc) is 2.37. The summed E-state index contributed by atoms with van der Waals surface area (Å²) in [5, 5.41) is 30.0. The van der Waals surface area contributed by atoms with Crippen molar-refractivity contribution >= 4 is 11.7 Å². The molecule has 20 heavy (non-hydrogen) atoms. The first-order valence-electron chi connectivity index (χ1n) is 5.76. The molecule has 0 saturated carbocycles. The van der Waals surface area contributed by atoms with Crippen molar-refractivity contribution in [2.75, 3.05) is 6.61 Å². The number of carbonyl (C=O) groups excluding carboxylic acids is 1. The van der Waals surface area contributed by atoms with Gasteiger partial charge in [0.05, 0.1) is 11.5 Å². The number of rotatable bonds is 5. The first-order valence-corrected chi connectivity index (χ1v) is 5.76. The van der Waals surface area contributed by atoms with Crippen LogP contribution in [0.4, 0.5) is 10.1 Å². The highest BCUT2D eigenvalue weighted by atomic mass is 19.1. The Hall–Kier alpha value is -2.06. The quantitative estimate of drug-likeness (QED) is 0.475. The van der Waals surface area contributed by atoms with Gasteiger partial charge < -0.3 is 14.9 Å². The van der Waals surface area contributed by atoms with Gasteiger partial charge in [-0.3, -0.25) is 10.1 Å². The molecule has 2 N–H and O–H groups in total. The maximum absolute atomic E-state index is 13.7. The molecule has 1 rings (SSSR count). The number of aliphatic hydroxyl groups is 2. The third kappa shape index (κ3) is 3.28. The summed E-state index contributed by atoms with van der Waals surface area (Å²) in [7, 11) is 0. The average molecular weight is 287 g/mol. The van der Waals surface area contributed by atoms with E-state index in [-0.39, 0.29) is 12.2 Å². The Morgan fingerprint density at radius 3 is 2.60 bits per heavy atom. The van der Waals surface area contributed by atoms with E-state index in [9.17, 15) is 29.5 Å². The SMILES string of the molecule is CCOC(=O)C(O)C(O)c1cc([N+](=O)[O-])c(C)cc1F. The van der Waals surface area contributed by atoms with Crippen molar-refractivity contribution in [3.05, 3.63) is 39.2 Å². The number of nitro groups is 1. The predicted molar refractivity (Wildman–Crippen MR) is 65.4 cm³/mol. The molecule has 1 aromatic carbocycles. The third-order valence-corrected chi connectivity index (χ3v) is 2.66. The maximum atomic E-state index is 13.7. The third-order valence-electron chi connectivity index (χ3n) is 2.66. The van der Waals surface area contributed by atoms with Gasteiger partial charge in [-0.15, -0.1) is 0 Å². The van der Waals surface area contributed by atoms with Gasteiger partial charge in [0.2, 0.25) is 0 Å². The lowest BCUT2D eigenvalue weighted by molar-refractivity contribution is -0.385. The van der Waals surface area contributed by atoms with Crippen LogP contribution in [0.2, 0.25) is 0 Å². The Morgan fingerprint density at radius 1 is 1.50 bits per heavy atom. The van der Waals surface area contributed by atoms with Crippen LogP contribution in [-0.4, -0.2) is 33.8 Å². The molecule has 0 bridgehead atoms. The van der Waals surface area contributed by atoms with E-state index in [1.54, 1.807) is 0 Å². The lowest BCUT2D eigenvalue weighted by Gasteiger charge is -2.17. The van der Waals surface area contributed by atoms with Crippen LogP contribution in [0, 0.1) is 22.9 Å². The highest BCUT2D eigenvalue weighted by Gasteiger charge is 2.30. The van der Waals surface area contributed by atoms with Crippen molar-refractivity contribution in [2.45, 2.75) is 26.1 Å². The van der Waals surface area contributed by atoms with E-state index in [0.29, 0.717) is 0 Å². The van der Waals surface area contributed by atoms with Gasteiger partial charge >= 0.3 is 5.97 Å². The number of halogens is 1. The van der Waals surface area contributed by atoms with E-state index in [2.05, 4.69) is 4.74 Å². The molecular weight excluding hydrogens is 273 g/mol. The zero-order valence-electron chi connectivity index (χ0n) is 10.9. The summed E-state index contributed by atoms with van der Waals surface area (Å²) in [4.78, 5) is 21.3. The van der Waals surface area contributed by atoms with Gasteiger partial charge in [-0.2, -0.15) is 0 Å². The number of esters is 1. The molecule has 7 nitrogen and oxygen atoms in total. The van der Waals surface area contributed by atoms with E-state index in [4.69, 9.17) is 0 Å². The molecule has 1 aromatic rings. The second kappa shape index (κ2) is 6.40. The number of benzene rings is 1. The normalized spacial score (nSPS) is 13.7. The lowest BCUT2D eigenvalue weighted by atomic mass is 10.0. The molecule has 2 atom stereocenters. The minimum atomic E-state index is -2.02. The molecule has 110 valence electrons. The number of carbonyl (C=O) groups is 1. The topological polar surface area (TPSA) is 110 Å². The molecule has 0 aliphatic heterocycles. The molecule has 0 spiro atoms. The molecule has 0 heterocycles. The van der Waals surface area contributed by atoms with Crippen molar-refractivity contribution in [3.8, 4) is 0 Å². The van der Waals surface area contributed by atoms with Gasteiger partial charge in [0, 0.05) is 17.2 Å². The smallest absolute Gasteiger partial charge is 0.338 e. The van der Waals surface area contributed by atoms with Crippen LogP contribution in [-0.2, 0) is 9.53 Å². The molecule has 8 heteroatoms. The fraction of sp³-hybridized carbons (Fsp3) is 0.417. The number of aryl methyl sites for hydroxylation is 1. The van der Waals surface area contributed by atoms with Crippen LogP contribution in [0.3, 0.4) is 0 Å². The van der Waals surface area contributed by atoms with Crippen LogP contribution < -0.4 is 0 Å². The molecule has 0 aliphatic carbocycles. The molecule has 0 fully saturated rings. The number of aliphatic hydroxyl groups excluding tert-OH is 2. The number of hydrogen-bond donors (Lipinski definition) is 2. The summed E-state index contributed by atoms with van der Waals surface area (Å²) < 4.78 is 18.2. The predicted octanol–water partition coefficient (Wildman–Crippen LogP) is 1.000. The molecular formula is C12H14FNO6. The van der Waals surface area contributed by atoms with Crippen LogP contribution in [0.15, 0.2) is 12.1 Å². The highest BCUT2D eigenvalue weighted by Crippen LogP contribution is 2.28. The summed E-state index contributed by atoms with van der Waals surface area (Å²) in [5.74, 6) is -2.09. The minimum Gasteiger partial charge on any atom is -0.464 e. The van der Waals surface area contributed by atoms with Crippen molar-refractivity contribution in [2.24, 2.45) is 0 Å². The summed E-state index contributed by atoms with van der Waals surface area (Å²) in [6.45, 7) is 2.80. The summed E-state index contributed by atoms with van der Waals surface area (Å²) in [6, 6.07) is 1.65. The number of ether oxygens (including phenoxy) is 1. The van der Waals surface area contributed by atoms with Crippen molar-refractivity contribution in [1.29, 1.82) is 0 Å². The standard InChI is InChI=1S/C12H14FNO6/c1-3-20-12(17)11(16)10(15)7-5-9(14(18)19)6(2)4-8(7)13/h4-5,10-11,15-16H,3H2,1-2H3. The Balaban J connectivity index is 3.15. The number of nitrogens with zero attached hydrogens (tertiary/aromatic N) is 1. The second-order valence-corrected chi connectivity index (χ2v) is 4.06.